The van der Waals surface area contributed by atoms with Crippen molar-refractivity contribution in [3.05, 3.63) is 72.3 Å². The second kappa shape index (κ2) is 8.66. The van der Waals surface area contributed by atoms with Crippen LogP contribution in [0.5, 0.6) is 11.5 Å². The predicted octanol–water partition coefficient (Wildman–Crippen LogP) is 3.36. The summed E-state index contributed by atoms with van der Waals surface area (Å²) in [4.78, 5) is 20.7. The van der Waals surface area contributed by atoms with Crippen LogP contribution in [0, 0.1) is 0 Å². The van der Waals surface area contributed by atoms with Gasteiger partial charge in [-0.1, -0.05) is 6.07 Å². The molecule has 138 valence electrons. The number of aromatic nitrogens is 2. The summed E-state index contributed by atoms with van der Waals surface area (Å²) in [6.45, 7) is 0.606. The molecule has 0 radical (unpaired) electrons. The van der Waals surface area contributed by atoms with E-state index >= 15 is 0 Å². The first-order chi connectivity index (χ1) is 13.2. The van der Waals surface area contributed by atoms with Crippen LogP contribution < -0.4 is 20.1 Å². The van der Waals surface area contributed by atoms with E-state index in [-0.39, 0.29) is 5.91 Å². The molecule has 7 nitrogen and oxygen atoms in total. The fraction of sp³-hybridized carbons (Fsp3) is 0.150. The van der Waals surface area contributed by atoms with Crippen LogP contribution in [0.4, 0.5) is 11.4 Å². The number of carbonyl (C=O) groups is 1. The van der Waals surface area contributed by atoms with Gasteiger partial charge >= 0.3 is 0 Å². The molecule has 0 aliphatic carbocycles. The van der Waals surface area contributed by atoms with E-state index in [1.54, 1.807) is 57.1 Å². The zero-order valence-electron chi connectivity index (χ0n) is 15.1. The highest BCUT2D eigenvalue weighted by Gasteiger charge is 2.11. The third-order valence-electron chi connectivity index (χ3n) is 3.85. The molecule has 0 fully saturated rings. The summed E-state index contributed by atoms with van der Waals surface area (Å²) >= 11 is 0. The van der Waals surface area contributed by atoms with Gasteiger partial charge in [-0.05, 0) is 35.9 Å². The maximum absolute atomic E-state index is 12.5. The Kier molecular flexibility index (Phi) is 5.84. The summed E-state index contributed by atoms with van der Waals surface area (Å²) in [5, 5.41) is 6.07. The molecule has 2 aromatic heterocycles. The zero-order chi connectivity index (χ0) is 19.1. The van der Waals surface area contributed by atoms with Crippen molar-refractivity contribution < 1.29 is 14.3 Å². The number of anilines is 2. The number of amides is 1. The Morgan fingerprint density at radius 3 is 2.59 bits per heavy atom. The van der Waals surface area contributed by atoms with E-state index in [0.717, 1.165) is 11.3 Å². The third-order valence-corrected chi connectivity index (χ3v) is 3.85. The molecule has 0 aliphatic rings. The van der Waals surface area contributed by atoms with Crippen molar-refractivity contribution in [2.24, 2.45) is 0 Å². The number of carbonyl (C=O) groups excluding carboxylic acids is 1. The SMILES string of the molecule is COc1ccc(NC(=O)c2cc(NCc3cccnc3)ccn2)cc1OC. The average molecular weight is 364 g/mol. The number of pyridine rings is 2. The Bertz CT molecular complexity index is 916. The third kappa shape index (κ3) is 4.72. The number of hydrogen-bond donors (Lipinski definition) is 2. The van der Waals surface area contributed by atoms with Gasteiger partial charge in [0.25, 0.3) is 5.91 Å². The Balaban J connectivity index is 1.68. The minimum Gasteiger partial charge on any atom is -0.493 e. The molecular weight excluding hydrogens is 344 g/mol. The molecule has 0 unspecified atom stereocenters. The summed E-state index contributed by atoms with van der Waals surface area (Å²) < 4.78 is 10.4. The molecule has 27 heavy (non-hydrogen) atoms. The molecule has 3 rings (SSSR count). The molecule has 1 amide bonds. The van der Waals surface area contributed by atoms with Crippen molar-refractivity contribution >= 4 is 17.3 Å². The summed E-state index contributed by atoms with van der Waals surface area (Å²) in [7, 11) is 3.10. The first-order valence-corrected chi connectivity index (χ1v) is 8.32. The maximum Gasteiger partial charge on any atom is 0.274 e. The fourth-order valence-electron chi connectivity index (χ4n) is 2.48. The highest BCUT2D eigenvalue weighted by Crippen LogP contribution is 2.29. The molecule has 1 aromatic carbocycles. The van der Waals surface area contributed by atoms with Crippen LogP contribution >= 0.6 is 0 Å². The van der Waals surface area contributed by atoms with Crippen LogP contribution in [-0.2, 0) is 6.54 Å². The normalized spacial score (nSPS) is 10.1. The number of ether oxygens (including phenoxy) is 2. The van der Waals surface area contributed by atoms with Gasteiger partial charge in [0.1, 0.15) is 5.69 Å². The van der Waals surface area contributed by atoms with Crippen LogP contribution in [0.1, 0.15) is 16.1 Å². The van der Waals surface area contributed by atoms with E-state index in [0.29, 0.717) is 29.4 Å². The smallest absolute Gasteiger partial charge is 0.274 e. The second-order valence-corrected chi connectivity index (χ2v) is 5.67. The molecule has 0 saturated carbocycles. The minimum absolute atomic E-state index is 0.306. The lowest BCUT2D eigenvalue weighted by Gasteiger charge is -2.11. The molecular formula is C20H20N4O3. The number of rotatable bonds is 7. The van der Waals surface area contributed by atoms with Gasteiger partial charge in [-0.25, -0.2) is 0 Å². The number of methoxy groups -OCH3 is 2. The van der Waals surface area contributed by atoms with Crippen LogP contribution in [0.3, 0.4) is 0 Å². The van der Waals surface area contributed by atoms with Crippen molar-refractivity contribution in [2.75, 3.05) is 24.9 Å². The molecule has 0 bridgehead atoms. The van der Waals surface area contributed by atoms with Gasteiger partial charge in [0.2, 0.25) is 0 Å². The van der Waals surface area contributed by atoms with Crippen LogP contribution in [0.25, 0.3) is 0 Å². The molecule has 2 N–H and O–H groups in total. The minimum atomic E-state index is -0.313. The Morgan fingerprint density at radius 2 is 1.85 bits per heavy atom. The Labute approximate surface area is 157 Å². The van der Waals surface area contributed by atoms with E-state index in [1.165, 1.54) is 0 Å². The lowest BCUT2D eigenvalue weighted by Crippen LogP contribution is -2.14. The molecule has 0 atom stereocenters. The Morgan fingerprint density at radius 1 is 1.00 bits per heavy atom. The number of benzene rings is 1. The van der Waals surface area contributed by atoms with E-state index in [1.807, 2.05) is 18.2 Å². The zero-order valence-corrected chi connectivity index (χ0v) is 15.1. The highest BCUT2D eigenvalue weighted by atomic mass is 16.5. The summed E-state index contributed by atoms with van der Waals surface area (Å²) in [5.41, 5.74) is 2.74. The van der Waals surface area contributed by atoms with Crippen LogP contribution in [-0.4, -0.2) is 30.1 Å². The lowest BCUT2D eigenvalue weighted by molar-refractivity contribution is 0.102. The van der Waals surface area contributed by atoms with Crippen molar-refractivity contribution in [1.29, 1.82) is 0 Å². The first kappa shape index (κ1) is 18.2. The topological polar surface area (TPSA) is 85.4 Å². The fourth-order valence-corrected chi connectivity index (χ4v) is 2.48. The molecule has 7 heteroatoms. The molecule has 0 saturated heterocycles. The molecule has 2 heterocycles. The van der Waals surface area contributed by atoms with Crippen molar-refractivity contribution in [1.82, 2.24) is 9.97 Å². The van der Waals surface area contributed by atoms with Crippen LogP contribution in [0.2, 0.25) is 0 Å². The summed E-state index contributed by atoms with van der Waals surface area (Å²) in [6.07, 6.45) is 5.11. The molecule has 3 aromatic rings. The van der Waals surface area contributed by atoms with Crippen molar-refractivity contribution in [2.45, 2.75) is 6.54 Å². The van der Waals surface area contributed by atoms with E-state index < -0.39 is 0 Å². The Hall–Kier alpha value is -3.61. The first-order valence-electron chi connectivity index (χ1n) is 8.32. The standard InChI is InChI=1S/C20H20N4O3/c1-26-18-6-5-16(11-19(18)27-2)24-20(25)17-10-15(7-9-22-17)23-13-14-4-3-8-21-12-14/h3-12H,13H2,1-2H3,(H,22,23)(H,24,25). The van der Waals surface area contributed by atoms with Gasteiger partial charge in [-0.3, -0.25) is 14.8 Å². The van der Waals surface area contributed by atoms with Crippen molar-refractivity contribution in [3.63, 3.8) is 0 Å². The molecule has 0 spiro atoms. The number of nitrogens with zero attached hydrogens (tertiary/aromatic N) is 2. The van der Waals surface area contributed by atoms with Gasteiger partial charge in [-0.2, -0.15) is 0 Å². The molecule has 0 aliphatic heterocycles. The average Bonchev–Trinajstić information content (AvgIpc) is 2.73. The van der Waals surface area contributed by atoms with Gasteiger partial charge in [-0.15, -0.1) is 0 Å². The van der Waals surface area contributed by atoms with Crippen molar-refractivity contribution in [3.8, 4) is 11.5 Å². The summed E-state index contributed by atoms with van der Waals surface area (Å²) in [6, 6.07) is 12.5. The largest absolute Gasteiger partial charge is 0.493 e. The van der Waals surface area contributed by atoms with E-state index in [2.05, 4.69) is 20.6 Å². The van der Waals surface area contributed by atoms with E-state index in [9.17, 15) is 4.79 Å². The maximum atomic E-state index is 12.5. The van der Waals surface area contributed by atoms with Crippen LogP contribution in [0.15, 0.2) is 61.1 Å². The highest BCUT2D eigenvalue weighted by molar-refractivity contribution is 6.03. The number of hydrogen-bond acceptors (Lipinski definition) is 6. The van der Waals surface area contributed by atoms with Gasteiger partial charge < -0.3 is 20.1 Å². The van der Waals surface area contributed by atoms with Gasteiger partial charge in [0.15, 0.2) is 11.5 Å². The van der Waals surface area contributed by atoms with Gasteiger partial charge in [0, 0.05) is 42.6 Å². The lowest BCUT2D eigenvalue weighted by atomic mass is 10.2. The quantitative estimate of drug-likeness (QED) is 0.669. The monoisotopic (exact) mass is 364 g/mol. The van der Waals surface area contributed by atoms with Gasteiger partial charge in [0.05, 0.1) is 14.2 Å². The number of nitrogens with one attached hydrogen (secondary N) is 2. The van der Waals surface area contributed by atoms with E-state index in [4.69, 9.17) is 9.47 Å². The predicted molar refractivity (Wildman–Crippen MR) is 103 cm³/mol. The summed E-state index contributed by atoms with van der Waals surface area (Å²) in [5.74, 6) is 0.817. The second-order valence-electron chi connectivity index (χ2n) is 5.67.